The van der Waals surface area contributed by atoms with Gasteiger partial charge in [0.25, 0.3) is 11.5 Å². The van der Waals surface area contributed by atoms with E-state index in [1.54, 1.807) is 6.92 Å². The van der Waals surface area contributed by atoms with Crippen LogP contribution in [0, 0.1) is 6.92 Å². The number of aromatic nitrogens is 3. The van der Waals surface area contributed by atoms with Gasteiger partial charge in [-0.2, -0.15) is 23.4 Å². The van der Waals surface area contributed by atoms with E-state index < -0.39 is 40.3 Å². The third-order valence-corrected chi connectivity index (χ3v) is 4.51. The summed E-state index contributed by atoms with van der Waals surface area (Å²) in [6.07, 6.45) is -4.00. The first kappa shape index (κ1) is 22.1. The molecule has 13 heteroatoms. The summed E-state index contributed by atoms with van der Waals surface area (Å²) in [4.78, 5) is 38.0. The molecule has 2 heterocycles. The van der Waals surface area contributed by atoms with Gasteiger partial charge >= 0.3 is 11.9 Å². The van der Waals surface area contributed by atoms with Crippen molar-refractivity contribution in [1.29, 1.82) is 0 Å². The predicted molar refractivity (Wildman–Crippen MR) is 103 cm³/mol. The number of benzene rings is 1. The van der Waals surface area contributed by atoms with Crippen LogP contribution in [-0.2, 0) is 13.2 Å². The Labute approximate surface area is 173 Å². The zero-order chi connectivity index (χ0) is 22.9. The van der Waals surface area contributed by atoms with Crippen LogP contribution >= 0.6 is 0 Å². The Hall–Kier alpha value is -3.64. The highest BCUT2D eigenvalue weighted by Crippen LogP contribution is 2.33. The number of alkyl halides is 3. The zero-order valence-corrected chi connectivity index (χ0v) is 16.8. The summed E-state index contributed by atoms with van der Waals surface area (Å²) < 4.78 is 41.6. The van der Waals surface area contributed by atoms with E-state index in [-0.39, 0.29) is 22.0 Å². The number of aryl methyl sites for hydroxylation is 2. The lowest BCUT2D eigenvalue weighted by molar-refractivity contribution is -0.137. The molecule has 0 radical (unpaired) electrons. The van der Waals surface area contributed by atoms with E-state index in [2.05, 4.69) is 25.9 Å². The molecule has 1 amide bonds. The first-order chi connectivity index (χ1) is 14.5. The molecular formula is C18H18F3N7O3. The average Bonchev–Trinajstić information content (AvgIpc) is 2.89. The smallest absolute Gasteiger partial charge is 0.307 e. The topological polar surface area (TPSA) is 123 Å². The minimum absolute atomic E-state index is 0.117. The van der Waals surface area contributed by atoms with Crippen molar-refractivity contribution in [3.05, 3.63) is 55.9 Å². The molecule has 1 aromatic heterocycles. The summed E-state index contributed by atoms with van der Waals surface area (Å²) in [6.45, 7) is 3.24. The van der Waals surface area contributed by atoms with Crippen LogP contribution in [-0.4, -0.2) is 32.1 Å². The molecule has 0 aliphatic carbocycles. The standard InChI is InChI=1S/C18H18F3N7O3/c1-9-4-6-12(11(8-9)18(19,20)21)28-16(30)14(25-27(3)17(28)31)15(29)22-13-7-5-10(2)23-26-24-13/h4,6,8,10H,5,7H2,1-3H3,(H,22,23,24,29). The lowest BCUT2D eigenvalue weighted by Gasteiger charge is -2.16. The van der Waals surface area contributed by atoms with Crippen molar-refractivity contribution in [1.82, 2.24) is 19.7 Å². The number of nitrogens with zero attached hydrogens (tertiary/aromatic N) is 6. The fraction of sp³-hybridized carbons (Fsp3) is 0.389. The van der Waals surface area contributed by atoms with Gasteiger partial charge in [0.15, 0.2) is 0 Å². The number of carbonyl (C=O) groups is 1. The predicted octanol–water partition coefficient (Wildman–Crippen LogP) is 1.94. The highest BCUT2D eigenvalue weighted by Gasteiger charge is 2.35. The van der Waals surface area contributed by atoms with Crippen LogP contribution in [0.4, 0.5) is 13.2 Å². The molecule has 10 nitrogen and oxygen atoms in total. The van der Waals surface area contributed by atoms with E-state index in [9.17, 15) is 27.6 Å². The van der Waals surface area contributed by atoms with Crippen LogP contribution in [0.3, 0.4) is 0 Å². The van der Waals surface area contributed by atoms with Crippen LogP contribution in [0.1, 0.15) is 41.4 Å². The summed E-state index contributed by atoms with van der Waals surface area (Å²) >= 11 is 0. The maximum absolute atomic E-state index is 13.6. The van der Waals surface area contributed by atoms with Crippen LogP contribution in [0.25, 0.3) is 5.69 Å². The molecule has 0 saturated carbocycles. The number of amidine groups is 1. The van der Waals surface area contributed by atoms with Crippen molar-refractivity contribution in [2.24, 2.45) is 22.5 Å². The first-order valence-corrected chi connectivity index (χ1v) is 9.15. The van der Waals surface area contributed by atoms with Gasteiger partial charge in [0.2, 0.25) is 5.69 Å². The van der Waals surface area contributed by atoms with Gasteiger partial charge in [0, 0.05) is 13.5 Å². The van der Waals surface area contributed by atoms with Gasteiger partial charge in [-0.25, -0.2) is 14.0 Å². The van der Waals surface area contributed by atoms with Gasteiger partial charge in [-0.15, -0.1) is 5.10 Å². The highest BCUT2D eigenvalue weighted by atomic mass is 19.4. The number of amides is 1. The lowest BCUT2D eigenvalue weighted by Crippen LogP contribution is -2.46. The molecule has 31 heavy (non-hydrogen) atoms. The molecule has 2 aromatic rings. The van der Waals surface area contributed by atoms with Crippen molar-refractivity contribution in [3.63, 3.8) is 0 Å². The molecule has 1 atom stereocenters. The zero-order valence-electron chi connectivity index (χ0n) is 16.8. The van der Waals surface area contributed by atoms with Crippen LogP contribution in [0.15, 0.2) is 43.2 Å². The molecule has 1 aliphatic heterocycles. The molecule has 3 rings (SSSR count). The molecule has 0 fully saturated rings. The van der Waals surface area contributed by atoms with Gasteiger partial charge < -0.3 is 5.32 Å². The second-order valence-corrected chi connectivity index (χ2v) is 7.01. The largest absolute Gasteiger partial charge is 0.418 e. The quantitative estimate of drug-likeness (QED) is 0.771. The van der Waals surface area contributed by atoms with Crippen molar-refractivity contribution < 1.29 is 18.0 Å². The molecule has 0 saturated heterocycles. The highest BCUT2D eigenvalue weighted by molar-refractivity contribution is 6.05. The summed E-state index contributed by atoms with van der Waals surface area (Å²) in [5, 5.41) is 17.1. The maximum atomic E-state index is 13.6. The van der Waals surface area contributed by atoms with Gasteiger partial charge in [-0.3, -0.25) is 9.59 Å². The molecule has 0 spiro atoms. The van der Waals surface area contributed by atoms with E-state index in [1.807, 2.05) is 0 Å². The number of hydrogen-bond acceptors (Lipinski definition) is 7. The van der Waals surface area contributed by atoms with E-state index in [0.29, 0.717) is 17.5 Å². The number of rotatable bonds is 2. The third kappa shape index (κ3) is 4.59. The number of carbonyl (C=O) groups excluding carboxylic acids is 1. The fourth-order valence-corrected chi connectivity index (χ4v) is 2.90. The Morgan fingerprint density at radius 2 is 1.97 bits per heavy atom. The Bertz CT molecular complexity index is 1210. The fourth-order valence-electron chi connectivity index (χ4n) is 2.90. The number of hydrogen-bond donors (Lipinski definition) is 1. The second kappa shape index (κ2) is 8.24. The first-order valence-electron chi connectivity index (χ1n) is 9.15. The van der Waals surface area contributed by atoms with Crippen LogP contribution in [0.5, 0.6) is 0 Å². The van der Waals surface area contributed by atoms with Gasteiger partial charge in [0.1, 0.15) is 5.84 Å². The van der Waals surface area contributed by atoms with Crippen molar-refractivity contribution in [2.75, 3.05) is 0 Å². The Morgan fingerprint density at radius 3 is 2.65 bits per heavy atom. The summed E-state index contributed by atoms with van der Waals surface area (Å²) in [6, 6.07) is 3.02. The minimum atomic E-state index is -4.84. The van der Waals surface area contributed by atoms with Gasteiger partial charge in [0.05, 0.1) is 17.3 Å². The minimum Gasteiger partial charge on any atom is -0.307 e. The number of halogens is 3. The summed E-state index contributed by atoms with van der Waals surface area (Å²) in [5.41, 5.74) is -4.80. The molecule has 1 unspecified atom stereocenters. The van der Waals surface area contributed by atoms with E-state index in [0.717, 1.165) is 19.2 Å². The second-order valence-electron chi connectivity index (χ2n) is 7.01. The maximum Gasteiger partial charge on any atom is 0.418 e. The molecule has 164 valence electrons. The van der Waals surface area contributed by atoms with E-state index >= 15 is 0 Å². The third-order valence-electron chi connectivity index (χ3n) is 4.51. The molecule has 0 bridgehead atoms. The number of nitrogens with one attached hydrogen (secondary N) is 1. The normalized spacial score (nSPS) is 16.6. The van der Waals surface area contributed by atoms with Gasteiger partial charge in [-0.05, 0) is 37.6 Å². The van der Waals surface area contributed by atoms with Gasteiger partial charge in [-0.1, -0.05) is 11.6 Å². The molecule has 1 aromatic carbocycles. The Kier molecular flexibility index (Phi) is 5.86. The van der Waals surface area contributed by atoms with Crippen molar-refractivity contribution in [2.45, 2.75) is 38.9 Å². The summed E-state index contributed by atoms with van der Waals surface area (Å²) in [7, 11) is 1.12. The molecule has 1 N–H and O–H groups in total. The molecular weight excluding hydrogens is 419 g/mol. The average molecular weight is 437 g/mol. The van der Waals surface area contributed by atoms with Crippen molar-refractivity contribution in [3.8, 4) is 5.69 Å². The van der Waals surface area contributed by atoms with Crippen LogP contribution in [0.2, 0.25) is 0 Å². The van der Waals surface area contributed by atoms with E-state index in [4.69, 9.17) is 0 Å². The Morgan fingerprint density at radius 1 is 1.26 bits per heavy atom. The van der Waals surface area contributed by atoms with Crippen LogP contribution < -0.4 is 16.6 Å². The summed E-state index contributed by atoms with van der Waals surface area (Å²) in [5.74, 6) is -0.912. The Balaban J connectivity index is 2.11. The van der Waals surface area contributed by atoms with E-state index in [1.165, 1.54) is 13.0 Å². The lowest BCUT2D eigenvalue weighted by atomic mass is 10.1. The monoisotopic (exact) mass is 437 g/mol. The SMILES string of the molecule is Cc1ccc(-n2c(=O)c(C(=O)NC3=NN=NC(C)CC3)nn(C)c2=O)c(C(F)(F)F)c1. The molecule has 1 aliphatic rings. The van der Waals surface area contributed by atoms with Crippen molar-refractivity contribution >= 4 is 11.7 Å².